The van der Waals surface area contributed by atoms with E-state index in [1.54, 1.807) is 0 Å². The summed E-state index contributed by atoms with van der Waals surface area (Å²) in [4.78, 5) is 24.1. The molecule has 32 heavy (non-hydrogen) atoms. The van der Waals surface area contributed by atoms with Crippen LogP contribution >= 0.6 is 0 Å². The van der Waals surface area contributed by atoms with Crippen LogP contribution in [0.2, 0.25) is 0 Å². The van der Waals surface area contributed by atoms with Gasteiger partial charge in [0.15, 0.2) is 12.4 Å². The summed E-state index contributed by atoms with van der Waals surface area (Å²) >= 11 is 0. The van der Waals surface area contributed by atoms with Gasteiger partial charge in [-0.05, 0) is 23.5 Å². The SMILES string of the molecule is CC[C@H](C)[C@@H]1C(=O)O[C@H]1C(=O)NCCCC(OCc1ccccc1)OCc1ccccc1. The number of amides is 1. The first-order valence-corrected chi connectivity index (χ1v) is 11.4. The predicted molar refractivity (Wildman–Crippen MR) is 121 cm³/mol. The Labute approximate surface area is 190 Å². The van der Waals surface area contributed by atoms with E-state index < -0.39 is 6.10 Å². The molecule has 1 fully saturated rings. The molecule has 3 atom stereocenters. The van der Waals surface area contributed by atoms with Crippen molar-refractivity contribution in [1.29, 1.82) is 0 Å². The van der Waals surface area contributed by atoms with Crippen molar-refractivity contribution in [1.82, 2.24) is 5.32 Å². The van der Waals surface area contributed by atoms with Gasteiger partial charge in [-0.2, -0.15) is 0 Å². The second kappa shape index (κ2) is 12.4. The molecule has 0 aliphatic carbocycles. The Kier molecular flexibility index (Phi) is 9.26. The minimum Gasteiger partial charge on any atom is -0.451 e. The third kappa shape index (κ3) is 6.90. The van der Waals surface area contributed by atoms with Gasteiger partial charge in [-0.3, -0.25) is 9.59 Å². The van der Waals surface area contributed by atoms with E-state index in [4.69, 9.17) is 14.2 Å². The van der Waals surface area contributed by atoms with Crippen LogP contribution in [0, 0.1) is 11.8 Å². The summed E-state index contributed by atoms with van der Waals surface area (Å²) in [6, 6.07) is 19.9. The van der Waals surface area contributed by atoms with E-state index in [0.717, 1.165) is 17.5 Å². The molecule has 2 aromatic carbocycles. The Morgan fingerprint density at radius 3 is 2.06 bits per heavy atom. The smallest absolute Gasteiger partial charge is 0.314 e. The van der Waals surface area contributed by atoms with E-state index in [-0.39, 0.29) is 30.0 Å². The van der Waals surface area contributed by atoms with Crippen LogP contribution in [0.1, 0.15) is 44.2 Å². The molecule has 0 radical (unpaired) electrons. The van der Waals surface area contributed by atoms with Gasteiger partial charge in [0, 0.05) is 13.0 Å². The number of benzene rings is 2. The third-order valence-electron chi connectivity index (χ3n) is 5.83. The van der Waals surface area contributed by atoms with Crippen molar-refractivity contribution in [2.45, 2.75) is 58.7 Å². The van der Waals surface area contributed by atoms with Gasteiger partial charge in [-0.25, -0.2) is 0 Å². The summed E-state index contributed by atoms with van der Waals surface area (Å²) in [5.74, 6) is -0.699. The second-order valence-corrected chi connectivity index (χ2v) is 8.22. The fourth-order valence-corrected chi connectivity index (χ4v) is 3.65. The molecule has 0 unspecified atom stereocenters. The van der Waals surface area contributed by atoms with Crippen molar-refractivity contribution in [2.75, 3.05) is 6.54 Å². The largest absolute Gasteiger partial charge is 0.451 e. The van der Waals surface area contributed by atoms with Gasteiger partial charge < -0.3 is 19.5 Å². The van der Waals surface area contributed by atoms with E-state index in [1.165, 1.54) is 0 Å². The summed E-state index contributed by atoms with van der Waals surface area (Å²) in [6.07, 6.45) is 1.11. The van der Waals surface area contributed by atoms with Gasteiger partial charge in [0.05, 0.1) is 13.2 Å². The Hall–Kier alpha value is -2.70. The van der Waals surface area contributed by atoms with Gasteiger partial charge in [-0.1, -0.05) is 80.9 Å². The zero-order valence-electron chi connectivity index (χ0n) is 18.9. The fraction of sp³-hybridized carbons (Fsp3) is 0.462. The predicted octanol–water partition coefficient (Wildman–Crippen LogP) is 4.23. The lowest BCUT2D eigenvalue weighted by Gasteiger charge is -2.37. The quantitative estimate of drug-likeness (QED) is 0.287. The van der Waals surface area contributed by atoms with Crippen LogP contribution in [0.4, 0.5) is 0 Å². The van der Waals surface area contributed by atoms with Crippen LogP contribution < -0.4 is 5.32 Å². The number of esters is 1. The molecular formula is C26H33NO5. The molecule has 1 aliphatic heterocycles. The lowest BCUT2D eigenvalue weighted by Crippen LogP contribution is -2.56. The Morgan fingerprint density at radius 1 is 1.00 bits per heavy atom. The number of cyclic esters (lactones) is 1. The van der Waals surface area contributed by atoms with E-state index in [2.05, 4.69) is 5.32 Å². The molecule has 6 heteroatoms. The maximum Gasteiger partial charge on any atom is 0.314 e. The maximum absolute atomic E-state index is 12.4. The molecule has 6 nitrogen and oxygen atoms in total. The lowest BCUT2D eigenvalue weighted by molar-refractivity contribution is -0.193. The highest BCUT2D eigenvalue weighted by molar-refractivity contribution is 5.94. The van der Waals surface area contributed by atoms with Crippen LogP contribution in [-0.2, 0) is 37.0 Å². The number of nitrogens with one attached hydrogen (secondary N) is 1. The Balaban J connectivity index is 1.45. The van der Waals surface area contributed by atoms with Crippen molar-refractivity contribution >= 4 is 11.9 Å². The zero-order valence-corrected chi connectivity index (χ0v) is 18.9. The normalized spacial score (nSPS) is 18.7. The fourth-order valence-electron chi connectivity index (χ4n) is 3.65. The molecule has 1 saturated heterocycles. The van der Waals surface area contributed by atoms with Gasteiger partial charge in [0.2, 0.25) is 0 Å². The van der Waals surface area contributed by atoms with Crippen LogP contribution in [-0.4, -0.2) is 30.8 Å². The van der Waals surface area contributed by atoms with Gasteiger partial charge in [0.25, 0.3) is 5.91 Å². The van der Waals surface area contributed by atoms with Crippen molar-refractivity contribution in [2.24, 2.45) is 11.8 Å². The van der Waals surface area contributed by atoms with Gasteiger partial charge in [0.1, 0.15) is 5.92 Å². The molecule has 1 N–H and O–H groups in total. The Morgan fingerprint density at radius 2 is 1.56 bits per heavy atom. The molecular weight excluding hydrogens is 406 g/mol. The molecule has 1 aliphatic rings. The van der Waals surface area contributed by atoms with Crippen LogP contribution in [0.3, 0.4) is 0 Å². The number of carbonyl (C=O) groups excluding carboxylic acids is 2. The highest BCUT2D eigenvalue weighted by Gasteiger charge is 2.49. The van der Waals surface area contributed by atoms with E-state index in [1.807, 2.05) is 74.5 Å². The molecule has 1 amide bonds. The summed E-state index contributed by atoms with van der Waals surface area (Å²) < 4.78 is 17.1. The molecule has 3 rings (SSSR count). The topological polar surface area (TPSA) is 73.9 Å². The minimum atomic E-state index is -0.670. The van der Waals surface area contributed by atoms with Crippen molar-refractivity contribution in [3.8, 4) is 0 Å². The van der Waals surface area contributed by atoms with Crippen molar-refractivity contribution in [3.05, 3.63) is 71.8 Å². The summed E-state index contributed by atoms with van der Waals surface area (Å²) in [5, 5.41) is 2.89. The molecule has 0 bridgehead atoms. The third-order valence-corrected chi connectivity index (χ3v) is 5.83. The molecule has 1 heterocycles. The minimum absolute atomic E-state index is 0.133. The number of ether oxygens (including phenoxy) is 3. The summed E-state index contributed by atoms with van der Waals surface area (Å²) in [7, 11) is 0. The monoisotopic (exact) mass is 439 g/mol. The van der Waals surface area contributed by atoms with E-state index in [0.29, 0.717) is 32.6 Å². The highest BCUT2D eigenvalue weighted by Crippen LogP contribution is 2.31. The van der Waals surface area contributed by atoms with Crippen LogP contribution in [0.15, 0.2) is 60.7 Å². The first-order chi connectivity index (χ1) is 15.6. The van der Waals surface area contributed by atoms with Crippen molar-refractivity contribution < 1.29 is 23.8 Å². The van der Waals surface area contributed by atoms with E-state index in [9.17, 15) is 9.59 Å². The second-order valence-electron chi connectivity index (χ2n) is 8.22. The zero-order chi connectivity index (χ0) is 22.8. The Bertz CT molecular complexity index is 798. The first kappa shape index (κ1) is 24.0. The summed E-state index contributed by atoms with van der Waals surface area (Å²) in [6.45, 7) is 5.38. The van der Waals surface area contributed by atoms with Crippen molar-refractivity contribution in [3.63, 3.8) is 0 Å². The first-order valence-electron chi connectivity index (χ1n) is 11.4. The number of rotatable bonds is 13. The number of hydrogen-bond acceptors (Lipinski definition) is 5. The van der Waals surface area contributed by atoms with Crippen LogP contribution in [0.25, 0.3) is 0 Å². The van der Waals surface area contributed by atoms with Gasteiger partial charge >= 0.3 is 5.97 Å². The highest BCUT2D eigenvalue weighted by atomic mass is 16.7. The van der Waals surface area contributed by atoms with Crippen LogP contribution in [0.5, 0.6) is 0 Å². The lowest BCUT2D eigenvalue weighted by atomic mass is 9.83. The maximum atomic E-state index is 12.4. The number of hydrogen-bond donors (Lipinski definition) is 1. The number of carbonyl (C=O) groups is 2. The molecule has 0 saturated carbocycles. The molecule has 0 spiro atoms. The molecule has 0 aromatic heterocycles. The van der Waals surface area contributed by atoms with Gasteiger partial charge in [-0.15, -0.1) is 0 Å². The van der Waals surface area contributed by atoms with E-state index >= 15 is 0 Å². The summed E-state index contributed by atoms with van der Waals surface area (Å²) in [5.41, 5.74) is 2.16. The average Bonchev–Trinajstić information content (AvgIpc) is 2.82. The molecule has 172 valence electrons. The average molecular weight is 440 g/mol. The standard InChI is InChI=1S/C26H33NO5/c1-3-19(2)23-24(32-26(23)29)25(28)27-16-10-15-22(30-17-20-11-6-4-7-12-20)31-18-21-13-8-5-9-14-21/h4-9,11-14,19,22-24H,3,10,15-18H2,1-2H3,(H,27,28)/t19-,23-,24+/m0/s1. The molecule has 2 aromatic rings.